The predicted octanol–water partition coefficient (Wildman–Crippen LogP) is 2.86. The first-order valence-corrected chi connectivity index (χ1v) is 7.31. The Kier molecular flexibility index (Phi) is 3.97. The van der Waals surface area contributed by atoms with Crippen LogP contribution in [0.25, 0.3) is 0 Å². The molecule has 4 nitrogen and oxygen atoms in total. The van der Waals surface area contributed by atoms with Crippen molar-refractivity contribution in [3.63, 3.8) is 0 Å². The summed E-state index contributed by atoms with van der Waals surface area (Å²) in [5.41, 5.74) is 1.58. The fourth-order valence-electron chi connectivity index (χ4n) is 1.62. The first kappa shape index (κ1) is 13.7. The number of hydrogen-bond acceptors (Lipinski definition) is 4. The second-order valence-electron chi connectivity index (χ2n) is 4.26. The number of benzene rings is 1. The SMILES string of the molecule is Cc1ccc(S(=O)(=O)OC(C)c2ccccn2)cc1. The number of rotatable bonds is 4. The zero-order chi connectivity index (χ0) is 13.9. The second kappa shape index (κ2) is 5.50. The van der Waals surface area contributed by atoms with Crippen molar-refractivity contribution in [3.05, 3.63) is 59.9 Å². The molecule has 0 aliphatic carbocycles. The third kappa shape index (κ3) is 3.39. The molecule has 0 saturated heterocycles. The van der Waals surface area contributed by atoms with Crippen molar-refractivity contribution in [2.75, 3.05) is 0 Å². The number of hydrogen-bond donors (Lipinski definition) is 0. The first-order chi connectivity index (χ1) is 8.99. The van der Waals surface area contributed by atoms with Gasteiger partial charge < -0.3 is 0 Å². The van der Waals surface area contributed by atoms with Crippen LogP contribution < -0.4 is 0 Å². The van der Waals surface area contributed by atoms with E-state index in [2.05, 4.69) is 4.98 Å². The fourth-order valence-corrected chi connectivity index (χ4v) is 2.68. The van der Waals surface area contributed by atoms with Gasteiger partial charge in [0.1, 0.15) is 6.10 Å². The van der Waals surface area contributed by atoms with Crippen LogP contribution in [0.5, 0.6) is 0 Å². The molecule has 0 radical (unpaired) electrons. The maximum atomic E-state index is 12.1. The van der Waals surface area contributed by atoms with Gasteiger partial charge in [0, 0.05) is 6.20 Å². The Labute approximate surface area is 113 Å². The molecule has 5 heteroatoms. The summed E-state index contributed by atoms with van der Waals surface area (Å²) in [4.78, 5) is 4.23. The molecule has 0 aliphatic heterocycles. The Morgan fingerprint density at radius 2 is 1.79 bits per heavy atom. The molecule has 0 bridgehead atoms. The molecule has 1 aromatic heterocycles. The van der Waals surface area contributed by atoms with Gasteiger partial charge >= 0.3 is 0 Å². The van der Waals surface area contributed by atoms with E-state index in [9.17, 15) is 8.42 Å². The summed E-state index contributed by atoms with van der Waals surface area (Å²) in [5.74, 6) is 0. The molecule has 1 aromatic carbocycles. The Morgan fingerprint density at radius 3 is 2.37 bits per heavy atom. The highest BCUT2D eigenvalue weighted by Gasteiger charge is 2.20. The van der Waals surface area contributed by atoms with Crippen LogP contribution >= 0.6 is 0 Å². The first-order valence-electron chi connectivity index (χ1n) is 5.90. The standard InChI is InChI=1S/C14H15NO3S/c1-11-6-8-13(9-7-11)19(16,17)18-12(2)14-5-3-4-10-15-14/h3-10,12H,1-2H3. The number of aryl methyl sites for hydroxylation is 1. The van der Waals surface area contributed by atoms with Crippen molar-refractivity contribution in [3.8, 4) is 0 Å². The molecule has 0 amide bonds. The van der Waals surface area contributed by atoms with Crippen LogP contribution in [0.15, 0.2) is 53.6 Å². The minimum Gasteiger partial charge on any atom is -0.258 e. The monoisotopic (exact) mass is 277 g/mol. The van der Waals surface area contributed by atoms with Crippen LogP contribution in [0.3, 0.4) is 0 Å². The lowest BCUT2D eigenvalue weighted by Gasteiger charge is -2.12. The molecular formula is C14H15NO3S. The quantitative estimate of drug-likeness (QED) is 0.806. The van der Waals surface area contributed by atoms with E-state index in [0.717, 1.165) is 5.56 Å². The van der Waals surface area contributed by atoms with Gasteiger partial charge in [0.05, 0.1) is 10.6 Å². The van der Waals surface area contributed by atoms with E-state index in [0.29, 0.717) is 5.69 Å². The lowest BCUT2D eigenvalue weighted by molar-refractivity contribution is 0.229. The lowest BCUT2D eigenvalue weighted by atomic mass is 10.2. The summed E-state index contributed by atoms with van der Waals surface area (Å²) >= 11 is 0. The highest BCUT2D eigenvalue weighted by Crippen LogP contribution is 2.22. The van der Waals surface area contributed by atoms with E-state index in [-0.39, 0.29) is 4.90 Å². The summed E-state index contributed by atoms with van der Waals surface area (Å²) in [6, 6.07) is 11.8. The lowest BCUT2D eigenvalue weighted by Crippen LogP contribution is -2.11. The van der Waals surface area contributed by atoms with Crippen molar-refractivity contribution in [2.24, 2.45) is 0 Å². The molecule has 1 unspecified atom stereocenters. The van der Waals surface area contributed by atoms with Gasteiger partial charge in [-0.25, -0.2) is 0 Å². The molecule has 2 aromatic rings. The van der Waals surface area contributed by atoms with Crippen LogP contribution in [0, 0.1) is 6.92 Å². The smallest absolute Gasteiger partial charge is 0.258 e. The fraction of sp³-hybridized carbons (Fsp3) is 0.214. The molecule has 0 saturated carbocycles. The van der Waals surface area contributed by atoms with Crippen LogP contribution in [0.4, 0.5) is 0 Å². The Hall–Kier alpha value is -1.72. The van der Waals surface area contributed by atoms with Gasteiger partial charge in [-0.3, -0.25) is 9.17 Å². The van der Waals surface area contributed by atoms with E-state index in [4.69, 9.17) is 4.18 Å². The average Bonchev–Trinajstić information content (AvgIpc) is 2.40. The molecule has 0 spiro atoms. The minimum absolute atomic E-state index is 0.154. The normalized spacial score (nSPS) is 13.2. The maximum Gasteiger partial charge on any atom is 0.297 e. The number of aromatic nitrogens is 1. The third-order valence-electron chi connectivity index (χ3n) is 2.68. The summed E-state index contributed by atoms with van der Waals surface area (Å²) in [7, 11) is -3.76. The van der Waals surface area contributed by atoms with Gasteiger partial charge in [-0.1, -0.05) is 23.8 Å². The summed E-state index contributed by atoms with van der Waals surface area (Å²) in [6.45, 7) is 3.56. The average molecular weight is 277 g/mol. The van der Waals surface area contributed by atoms with Gasteiger partial charge in [0.2, 0.25) is 0 Å². The van der Waals surface area contributed by atoms with Gasteiger partial charge in [-0.2, -0.15) is 8.42 Å². The minimum atomic E-state index is -3.76. The Morgan fingerprint density at radius 1 is 1.11 bits per heavy atom. The Bertz CT molecular complexity index is 636. The number of nitrogens with zero attached hydrogens (tertiary/aromatic N) is 1. The highest BCUT2D eigenvalue weighted by molar-refractivity contribution is 7.86. The summed E-state index contributed by atoms with van der Waals surface area (Å²) < 4.78 is 29.3. The molecule has 0 fully saturated rings. The van der Waals surface area contributed by atoms with Gasteiger partial charge in [0.25, 0.3) is 10.1 Å². The van der Waals surface area contributed by atoms with E-state index in [1.54, 1.807) is 43.5 Å². The van der Waals surface area contributed by atoms with Crippen molar-refractivity contribution >= 4 is 10.1 Å². The van der Waals surface area contributed by atoms with Crippen molar-refractivity contribution in [1.29, 1.82) is 0 Å². The molecular weight excluding hydrogens is 262 g/mol. The van der Waals surface area contributed by atoms with Gasteiger partial charge in [0.15, 0.2) is 0 Å². The van der Waals surface area contributed by atoms with E-state index >= 15 is 0 Å². The van der Waals surface area contributed by atoms with E-state index in [1.165, 1.54) is 12.1 Å². The summed E-state index contributed by atoms with van der Waals surface area (Å²) in [5, 5.41) is 0. The van der Waals surface area contributed by atoms with E-state index in [1.807, 2.05) is 6.92 Å². The van der Waals surface area contributed by atoms with Crippen molar-refractivity contribution < 1.29 is 12.6 Å². The van der Waals surface area contributed by atoms with Crippen LogP contribution in [0.2, 0.25) is 0 Å². The molecule has 0 N–H and O–H groups in total. The molecule has 19 heavy (non-hydrogen) atoms. The van der Waals surface area contributed by atoms with Gasteiger partial charge in [-0.05, 0) is 38.1 Å². The topological polar surface area (TPSA) is 56.3 Å². The van der Waals surface area contributed by atoms with Crippen LogP contribution in [-0.2, 0) is 14.3 Å². The van der Waals surface area contributed by atoms with E-state index < -0.39 is 16.2 Å². The Balaban J connectivity index is 2.20. The van der Waals surface area contributed by atoms with Crippen LogP contribution in [0.1, 0.15) is 24.3 Å². The second-order valence-corrected chi connectivity index (χ2v) is 5.83. The van der Waals surface area contributed by atoms with Gasteiger partial charge in [-0.15, -0.1) is 0 Å². The molecule has 1 atom stereocenters. The zero-order valence-electron chi connectivity index (χ0n) is 10.8. The third-order valence-corrected chi connectivity index (χ3v) is 4.08. The maximum absolute atomic E-state index is 12.1. The van der Waals surface area contributed by atoms with Crippen LogP contribution in [-0.4, -0.2) is 13.4 Å². The largest absolute Gasteiger partial charge is 0.297 e. The molecule has 1 heterocycles. The van der Waals surface area contributed by atoms with Crippen molar-refractivity contribution in [1.82, 2.24) is 4.98 Å². The zero-order valence-corrected chi connectivity index (χ0v) is 11.6. The molecule has 100 valence electrons. The predicted molar refractivity (Wildman–Crippen MR) is 72.1 cm³/mol. The highest BCUT2D eigenvalue weighted by atomic mass is 32.2. The van der Waals surface area contributed by atoms with Crippen molar-refractivity contribution in [2.45, 2.75) is 24.8 Å². The summed E-state index contributed by atoms with van der Waals surface area (Å²) in [6.07, 6.45) is 0.987. The molecule has 2 rings (SSSR count). The number of pyridine rings is 1. The molecule has 0 aliphatic rings.